The van der Waals surface area contributed by atoms with Crippen molar-refractivity contribution in [2.45, 2.75) is 13.5 Å². The summed E-state index contributed by atoms with van der Waals surface area (Å²) in [6, 6.07) is 7.57. The second kappa shape index (κ2) is 4.88. The lowest BCUT2D eigenvalue weighted by molar-refractivity contribution is 0.0701. The fourth-order valence-corrected chi connectivity index (χ4v) is 3.97. The SMILES string of the molecule is Cc1csc(=O)n1Cc1c(C(=O)O)sc2ccccc12. The third kappa shape index (κ3) is 2.07. The molecule has 6 heteroatoms. The number of hydrogen-bond acceptors (Lipinski definition) is 4. The van der Waals surface area contributed by atoms with Crippen LogP contribution in [0, 0.1) is 6.92 Å². The smallest absolute Gasteiger partial charge is 0.346 e. The number of aromatic carboxylic acids is 1. The van der Waals surface area contributed by atoms with Crippen LogP contribution in [0.4, 0.5) is 0 Å². The average Bonchev–Trinajstić information content (AvgIpc) is 2.94. The summed E-state index contributed by atoms with van der Waals surface area (Å²) in [5.74, 6) is -0.942. The first-order valence-electron chi connectivity index (χ1n) is 5.96. The standard InChI is InChI=1S/C14H11NO3S2/c1-8-7-19-14(18)15(8)6-10-9-4-2-3-5-11(9)20-12(10)13(16)17/h2-5,7H,6H2,1H3,(H,16,17). The van der Waals surface area contributed by atoms with Crippen LogP contribution in [0.1, 0.15) is 20.9 Å². The van der Waals surface area contributed by atoms with Crippen molar-refractivity contribution in [3.63, 3.8) is 0 Å². The number of benzene rings is 1. The number of thiazole rings is 1. The average molecular weight is 305 g/mol. The van der Waals surface area contributed by atoms with E-state index in [-0.39, 0.29) is 4.87 Å². The van der Waals surface area contributed by atoms with Crippen LogP contribution in [0.2, 0.25) is 0 Å². The second-order valence-electron chi connectivity index (χ2n) is 4.44. The first kappa shape index (κ1) is 13.1. The quantitative estimate of drug-likeness (QED) is 0.808. The zero-order valence-corrected chi connectivity index (χ0v) is 12.3. The minimum absolute atomic E-state index is 0.0610. The van der Waals surface area contributed by atoms with Gasteiger partial charge in [0.2, 0.25) is 0 Å². The Balaban J connectivity index is 2.22. The minimum atomic E-state index is -0.942. The highest BCUT2D eigenvalue weighted by molar-refractivity contribution is 7.21. The molecule has 0 amide bonds. The number of fused-ring (bicyclic) bond motifs is 1. The molecule has 0 atom stereocenters. The van der Waals surface area contributed by atoms with Gasteiger partial charge in [-0.15, -0.1) is 11.3 Å². The predicted molar refractivity (Wildman–Crippen MR) is 81.2 cm³/mol. The molecule has 0 saturated heterocycles. The van der Waals surface area contributed by atoms with Crippen molar-refractivity contribution in [1.82, 2.24) is 4.57 Å². The molecule has 0 fully saturated rings. The van der Waals surface area contributed by atoms with E-state index >= 15 is 0 Å². The maximum absolute atomic E-state index is 11.8. The number of carbonyl (C=O) groups is 1. The van der Waals surface area contributed by atoms with E-state index in [1.165, 1.54) is 11.3 Å². The molecule has 2 heterocycles. The zero-order chi connectivity index (χ0) is 14.3. The van der Waals surface area contributed by atoms with Crippen LogP contribution in [0.25, 0.3) is 10.1 Å². The van der Waals surface area contributed by atoms with Gasteiger partial charge >= 0.3 is 10.8 Å². The van der Waals surface area contributed by atoms with Gasteiger partial charge in [-0.2, -0.15) is 0 Å². The molecule has 0 aliphatic heterocycles. The predicted octanol–water partition coefficient (Wildman–Crippen LogP) is 3.18. The number of rotatable bonds is 3. The van der Waals surface area contributed by atoms with Gasteiger partial charge in [0.05, 0.1) is 6.54 Å². The summed E-state index contributed by atoms with van der Waals surface area (Å²) in [7, 11) is 0. The third-order valence-electron chi connectivity index (χ3n) is 3.19. The first-order valence-corrected chi connectivity index (χ1v) is 7.66. The number of aryl methyl sites for hydroxylation is 1. The molecule has 0 aliphatic carbocycles. The van der Waals surface area contributed by atoms with Crippen molar-refractivity contribution >= 4 is 38.7 Å². The van der Waals surface area contributed by atoms with E-state index < -0.39 is 5.97 Å². The van der Waals surface area contributed by atoms with E-state index in [0.717, 1.165) is 27.1 Å². The van der Waals surface area contributed by atoms with Crippen LogP contribution < -0.4 is 4.87 Å². The second-order valence-corrected chi connectivity index (χ2v) is 6.31. The van der Waals surface area contributed by atoms with Crippen LogP contribution in [-0.2, 0) is 6.54 Å². The molecule has 4 nitrogen and oxygen atoms in total. The van der Waals surface area contributed by atoms with Crippen molar-refractivity contribution in [1.29, 1.82) is 0 Å². The summed E-state index contributed by atoms with van der Waals surface area (Å²) in [4.78, 5) is 23.5. The van der Waals surface area contributed by atoms with Crippen molar-refractivity contribution in [3.05, 3.63) is 55.4 Å². The van der Waals surface area contributed by atoms with Gasteiger partial charge < -0.3 is 5.11 Å². The van der Waals surface area contributed by atoms with Crippen molar-refractivity contribution < 1.29 is 9.90 Å². The van der Waals surface area contributed by atoms with Crippen LogP contribution in [0.3, 0.4) is 0 Å². The Hall–Kier alpha value is -1.92. The Morgan fingerprint density at radius 3 is 2.75 bits per heavy atom. The van der Waals surface area contributed by atoms with Crippen LogP contribution in [-0.4, -0.2) is 15.6 Å². The normalized spacial score (nSPS) is 11.1. The van der Waals surface area contributed by atoms with Gasteiger partial charge in [0.1, 0.15) is 4.88 Å². The van der Waals surface area contributed by atoms with E-state index in [9.17, 15) is 14.7 Å². The molecular formula is C14H11NO3S2. The van der Waals surface area contributed by atoms with Gasteiger partial charge in [-0.3, -0.25) is 9.36 Å². The summed E-state index contributed by atoms with van der Waals surface area (Å²) in [5, 5.41) is 12.1. The molecule has 0 bridgehead atoms. The fraction of sp³-hybridized carbons (Fsp3) is 0.143. The molecular weight excluding hydrogens is 294 g/mol. The van der Waals surface area contributed by atoms with E-state index in [0.29, 0.717) is 17.0 Å². The van der Waals surface area contributed by atoms with Gasteiger partial charge in [0.15, 0.2) is 0 Å². The van der Waals surface area contributed by atoms with Crippen LogP contribution in [0.5, 0.6) is 0 Å². The van der Waals surface area contributed by atoms with E-state index in [1.807, 2.05) is 31.2 Å². The highest BCUT2D eigenvalue weighted by Crippen LogP contribution is 2.32. The van der Waals surface area contributed by atoms with E-state index in [4.69, 9.17) is 0 Å². The third-order valence-corrected chi connectivity index (χ3v) is 5.27. The Morgan fingerprint density at radius 1 is 1.35 bits per heavy atom. The largest absolute Gasteiger partial charge is 0.477 e. The maximum atomic E-state index is 11.8. The van der Waals surface area contributed by atoms with Gasteiger partial charge in [0, 0.05) is 21.3 Å². The van der Waals surface area contributed by atoms with E-state index in [1.54, 1.807) is 9.95 Å². The molecule has 0 unspecified atom stereocenters. The Kier molecular flexibility index (Phi) is 3.19. The zero-order valence-electron chi connectivity index (χ0n) is 10.6. The van der Waals surface area contributed by atoms with E-state index in [2.05, 4.69) is 0 Å². The number of hydrogen-bond donors (Lipinski definition) is 1. The molecule has 3 aromatic rings. The molecule has 1 N–H and O–H groups in total. The molecule has 1 aromatic carbocycles. The van der Waals surface area contributed by atoms with Gasteiger partial charge in [-0.05, 0) is 18.4 Å². The van der Waals surface area contributed by atoms with Crippen molar-refractivity contribution in [3.8, 4) is 0 Å². The topological polar surface area (TPSA) is 59.3 Å². The lowest BCUT2D eigenvalue weighted by Gasteiger charge is -2.05. The number of thiophene rings is 1. The minimum Gasteiger partial charge on any atom is -0.477 e. The molecule has 102 valence electrons. The lowest BCUT2D eigenvalue weighted by atomic mass is 10.1. The Morgan fingerprint density at radius 2 is 2.10 bits per heavy atom. The number of nitrogens with zero attached hydrogens (tertiary/aromatic N) is 1. The fourth-order valence-electron chi connectivity index (χ4n) is 2.18. The molecule has 2 aromatic heterocycles. The highest BCUT2D eigenvalue weighted by atomic mass is 32.1. The summed E-state index contributed by atoms with van der Waals surface area (Å²) in [6.07, 6.45) is 0. The monoisotopic (exact) mass is 305 g/mol. The first-order chi connectivity index (χ1) is 9.58. The number of aromatic nitrogens is 1. The summed E-state index contributed by atoms with van der Waals surface area (Å²) < 4.78 is 2.55. The van der Waals surface area contributed by atoms with Crippen molar-refractivity contribution in [2.75, 3.05) is 0 Å². The number of carboxylic acid groups (broad SMARTS) is 1. The summed E-state index contributed by atoms with van der Waals surface area (Å²) in [6.45, 7) is 2.16. The molecule has 0 radical (unpaired) electrons. The Labute approximate surface area is 122 Å². The van der Waals surface area contributed by atoms with Gasteiger partial charge in [-0.1, -0.05) is 29.5 Å². The van der Waals surface area contributed by atoms with Crippen molar-refractivity contribution in [2.24, 2.45) is 0 Å². The molecule has 0 spiro atoms. The summed E-state index contributed by atoms with van der Waals surface area (Å²) in [5.41, 5.74) is 1.56. The van der Waals surface area contributed by atoms with Crippen LogP contribution in [0.15, 0.2) is 34.4 Å². The summed E-state index contributed by atoms with van der Waals surface area (Å²) >= 11 is 2.39. The molecule has 3 rings (SSSR count). The molecule has 0 aliphatic rings. The van der Waals surface area contributed by atoms with Gasteiger partial charge in [-0.25, -0.2) is 4.79 Å². The molecule has 20 heavy (non-hydrogen) atoms. The van der Waals surface area contributed by atoms with Gasteiger partial charge in [0.25, 0.3) is 0 Å². The Bertz CT molecular complexity index is 857. The van der Waals surface area contributed by atoms with Crippen LogP contribution >= 0.6 is 22.7 Å². The molecule has 0 saturated carbocycles. The highest BCUT2D eigenvalue weighted by Gasteiger charge is 2.18. The lowest BCUT2D eigenvalue weighted by Crippen LogP contribution is -2.16. The maximum Gasteiger partial charge on any atom is 0.346 e. The number of carboxylic acids is 1.